The van der Waals surface area contributed by atoms with E-state index in [0.717, 1.165) is 11.8 Å². The van der Waals surface area contributed by atoms with Gasteiger partial charge >= 0.3 is 0 Å². The molecular formula is C18H24. The summed E-state index contributed by atoms with van der Waals surface area (Å²) in [7, 11) is 0. The van der Waals surface area contributed by atoms with Crippen LogP contribution in [0.5, 0.6) is 0 Å². The third kappa shape index (κ3) is 2.39. The van der Waals surface area contributed by atoms with Crippen LogP contribution in [-0.2, 0) is 6.42 Å². The molecule has 0 saturated heterocycles. The number of fused-ring (bicyclic) bond motifs is 1. The Hall–Kier alpha value is -1.04. The second kappa shape index (κ2) is 5.30. The van der Waals surface area contributed by atoms with E-state index < -0.39 is 0 Å². The first-order chi connectivity index (χ1) is 8.86. The molecule has 2 aliphatic rings. The summed E-state index contributed by atoms with van der Waals surface area (Å²) in [5, 5.41) is 0. The summed E-state index contributed by atoms with van der Waals surface area (Å²) in [6.45, 7) is 2.32. The zero-order chi connectivity index (χ0) is 12.4. The molecule has 0 radical (unpaired) electrons. The van der Waals surface area contributed by atoms with Crippen LogP contribution in [0.1, 0.15) is 56.6 Å². The van der Waals surface area contributed by atoms with Crippen molar-refractivity contribution in [2.45, 2.75) is 51.9 Å². The molecule has 0 aromatic heterocycles. The Morgan fingerprint density at radius 3 is 2.56 bits per heavy atom. The summed E-state index contributed by atoms with van der Waals surface area (Å²) < 4.78 is 0. The molecule has 3 rings (SSSR count). The van der Waals surface area contributed by atoms with Crippen LogP contribution in [0, 0.1) is 11.8 Å². The smallest absolute Gasteiger partial charge is 0.00551 e. The molecule has 0 atom stereocenters. The number of hydrogen-bond donors (Lipinski definition) is 0. The maximum atomic E-state index is 2.47. The first-order valence-electron chi connectivity index (χ1n) is 7.65. The molecular weight excluding hydrogens is 216 g/mol. The maximum Gasteiger partial charge on any atom is -0.00551 e. The van der Waals surface area contributed by atoms with Crippen LogP contribution in [0.2, 0.25) is 0 Å². The third-order valence-electron chi connectivity index (χ3n) is 4.86. The summed E-state index contributed by atoms with van der Waals surface area (Å²) >= 11 is 0. The van der Waals surface area contributed by atoms with E-state index in [-0.39, 0.29) is 0 Å². The third-order valence-corrected chi connectivity index (χ3v) is 4.86. The number of allylic oxidation sites excluding steroid dienone is 1. The Labute approximate surface area is 111 Å². The minimum Gasteiger partial charge on any atom is -0.0654 e. The molecule has 0 amide bonds. The van der Waals surface area contributed by atoms with Crippen LogP contribution in [-0.4, -0.2) is 0 Å². The lowest BCUT2D eigenvalue weighted by molar-refractivity contribution is 0.285. The second-order valence-electron chi connectivity index (χ2n) is 6.10. The number of benzene rings is 1. The van der Waals surface area contributed by atoms with Gasteiger partial charge in [-0.15, -0.1) is 0 Å². The van der Waals surface area contributed by atoms with Gasteiger partial charge in [0.2, 0.25) is 0 Å². The summed E-state index contributed by atoms with van der Waals surface area (Å²) in [6, 6.07) is 8.90. The van der Waals surface area contributed by atoms with E-state index in [1.54, 1.807) is 11.1 Å². The van der Waals surface area contributed by atoms with E-state index in [1.165, 1.54) is 50.5 Å². The Morgan fingerprint density at radius 2 is 1.83 bits per heavy atom. The van der Waals surface area contributed by atoms with E-state index in [9.17, 15) is 0 Å². The van der Waals surface area contributed by atoms with E-state index >= 15 is 0 Å². The van der Waals surface area contributed by atoms with E-state index in [1.807, 2.05) is 0 Å². The number of rotatable bonds is 3. The van der Waals surface area contributed by atoms with E-state index in [0.29, 0.717) is 0 Å². The van der Waals surface area contributed by atoms with Crippen molar-refractivity contribution >= 4 is 6.08 Å². The largest absolute Gasteiger partial charge is 0.0654 e. The summed E-state index contributed by atoms with van der Waals surface area (Å²) in [4.78, 5) is 0. The molecule has 1 saturated carbocycles. The van der Waals surface area contributed by atoms with Crippen LogP contribution < -0.4 is 0 Å². The normalized spacial score (nSPS) is 26.8. The first-order valence-corrected chi connectivity index (χ1v) is 7.65. The van der Waals surface area contributed by atoms with Gasteiger partial charge in [-0.1, -0.05) is 55.7 Å². The molecule has 0 unspecified atom stereocenters. The summed E-state index contributed by atoms with van der Waals surface area (Å²) in [5.74, 6) is 1.90. The Kier molecular flexibility index (Phi) is 3.54. The zero-order valence-corrected chi connectivity index (χ0v) is 11.5. The standard InChI is InChI=1S/C18H24/c1-2-5-14-8-10-15(11-9-14)18-12-16-6-3-4-7-17(16)13-18/h3-4,6-7,12,14-15H,2,5,8-11,13H2,1H3. The van der Waals surface area contributed by atoms with Crippen molar-refractivity contribution < 1.29 is 0 Å². The van der Waals surface area contributed by atoms with E-state index in [2.05, 4.69) is 37.3 Å². The van der Waals surface area contributed by atoms with Crippen LogP contribution in [0.4, 0.5) is 0 Å². The van der Waals surface area contributed by atoms with Crippen molar-refractivity contribution in [1.82, 2.24) is 0 Å². The van der Waals surface area contributed by atoms with Gasteiger partial charge in [0, 0.05) is 0 Å². The lowest BCUT2D eigenvalue weighted by Gasteiger charge is -2.29. The minimum atomic E-state index is 0.880. The fraction of sp³-hybridized carbons (Fsp3) is 0.556. The average molecular weight is 240 g/mol. The molecule has 0 aliphatic heterocycles. The van der Waals surface area contributed by atoms with Crippen LogP contribution in [0.15, 0.2) is 29.8 Å². The molecule has 0 nitrogen and oxygen atoms in total. The highest BCUT2D eigenvalue weighted by molar-refractivity contribution is 5.64. The Balaban J connectivity index is 1.62. The monoisotopic (exact) mass is 240 g/mol. The molecule has 0 heterocycles. The van der Waals surface area contributed by atoms with Crippen LogP contribution in [0.3, 0.4) is 0 Å². The summed E-state index contributed by atoms with van der Waals surface area (Å²) in [5.41, 5.74) is 4.73. The fourth-order valence-corrected chi connectivity index (χ4v) is 3.80. The van der Waals surface area contributed by atoms with Crippen LogP contribution in [0.25, 0.3) is 6.08 Å². The fourth-order valence-electron chi connectivity index (χ4n) is 3.80. The SMILES string of the molecule is CCCC1CCC(C2=Cc3ccccc3C2)CC1. The zero-order valence-electron chi connectivity index (χ0n) is 11.5. The molecule has 1 fully saturated rings. The van der Waals surface area contributed by atoms with Gasteiger partial charge < -0.3 is 0 Å². The van der Waals surface area contributed by atoms with E-state index in [4.69, 9.17) is 0 Å². The highest BCUT2D eigenvalue weighted by atomic mass is 14.3. The molecule has 1 aromatic carbocycles. The molecule has 0 bridgehead atoms. The van der Waals surface area contributed by atoms with Gasteiger partial charge in [-0.3, -0.25) is 0 Å². The lowest BCUT2D eigenvalue weighted by Crippen LogP contribution is -2.16. The van der Waals surface area contributed by atoms with Crippen molar-refractivity contribution in [1.29, 1.82) is 0 Å². The highest BCUT2D eigenvalue weighted by Crippen LogP contribution is 2.39. The van der Waals surface area contributed by atoms with Gasteiger partial charge in [0.25, 0.3) is 0 Å². The summed E-state index contributed by atoms with van der Waals surface area (Å²) in [6.07, 6.45) is 12.3. The van der Waals surface area contributed by atoms with Crippen molar-refractivity contribution in [2.75, 3.05) is 0 Å². The first kappa shape index (κ1) is 12.0. The van der Waals surface area contributed by atoms with Crippen molar-refractivity contribution in [2.24, 2.45) is 11.8 Å². The average Bonchev–Trinajstić information content (AvgIpc) is 2.84. The molecule has 0 spiro atoms. The Morgan fingerprint density at radius 1 is 1.06 bits per heavy atom. The van der Waals surface area contributed by atoms with Gasteiger partial charge in [0.1, 0.15) is 0 Å². The predicted molar refractivity (Wildman–Crippen MR) is 78.5 cm³/mol. The van der Waals surface area contributed by atoms with Gasteiger partial charge in [-0.05, 0) is 55.1 Å². The number of hydrogen-bond acceptors (Lipinski definition) is 0. The van der Waals surface area contributed by atoms with Gasteiger partial charge in [-0.2, -0.15) is 0 Å². The quantitative estimate of drug-likeness (QED) is 0.678. The molecule has 18 heavy (non-hydrogen) atoms. The maximum absolute atomic E-state index is 2.47. The van der Waals surface area contributed by atoms with Gasteiger partial charge in [0.15, 0.2) is 0 Å². The minimum absolute atomic E-state index is 0.880. The second-order valence-corrected chi connectivity index (χ2v) is 6.10. The van der Waals surface area contributed by atoms with Gasteiger partial charge in [0.05, 0.1) is 0 Å². The van der Waals surface area contributed by atoms with Crippen LogP contribution >= 0.6 is 0 Å². The van der Waals surface area contributed by atoms with Crippen molar-refractivity contribution in [3.63, 3.8) is 0 Å². The van der Waals surface area contributed by atoms with Crippen molar-refractivity contribution in [3.8, 4) is 0 Å². The Bertz CT molecular complexity index is 433. The molecule has 0 heteroatoms. The highest BCUT2D eigenvalue weighted by Gasteiger charge is 2.25. The molecule has 0 N–H and O–H groups in total. The molecule has 96 valence electrons. The van der Waals surface area contributed by atoms with Crippen molar-refractivity contribution in [3.05, 3.63) is 41.0 Å². The molecule has 1 aromatic rings. The topological polar surface area (TPSA) is 0 Å². The van der Waals surface area contributed by atoms with Gasteiger partial charge in [-0.25, -0.2) is 0 Å². The lowest BCUT2D eigenvalue weighted by atomic mass is 9.76. The molecule has 2 aliphatic carbocycles. The predicted octanol–water partition coefficient (Wildman–Crippen LogP) is 5.23.